The van der Waals surface area contributed by atoms with Gasteiger partial charge in [0.1, 0.15) is 10.2 Å². The highest BCUT2D eigenvalue weighted by Gasteiger charge is 2.56. The minimum atomic E-state index is -1.05. The molecule has 1 unspecified atom stereocenters. The number of anilines is 3. The molecule has 0 radical (unpaired) electrons. The first-order valence-electron chi connectivity index (χ1n) is 7.52. The van der Waals surface area contributed by atoms with Crippen LogP contribution in [0, 0.1) is 11.7 Å². The normalized spacial score (nSPS) is 17.5. The average molecular weight is 417 g/mol. The van der Waals surface area contributed by atoms with E-state index >= 15 is 0 Å². The summed E-state index contributed by atoms with van der Waals surface area (Å²) in [7, 11) is 0. The predicted octanol–water partition coefficient (Wildman–Crippen LogP) is 4.45. The highest BCUT2D eigenvalue weighted by Crippen LogP contribution is 2.53. The van der Waals surface area contributed by atoms with Gasteiger partial charge in [-0.1, -0.05) is 11.6 Å². The lowest BCUT2D eigenvalue weighted by Crippen LogP contribution is -2.18. The summed E-state index contributed by atoms with van der Waals surface area (Å²) in [6.07, 6.45) is 0.360. The average Bonchev–Trinajstić information content (AvgIpc) is 3.20. The number of rotatable bonds is 4. The van der Waals surface area contributed by atoms with Crippen molar-refractivity contribution in [2.24, 2.45) is 5.92 Å². The van der Waals surface area contributed by atoms with Crippen molar-refractivity contribution in [2.75, 3.05) is 16.4 Å². The third-order valence-corrected chi connectivity index (χ3v) is 5.03. The summed E-state index contributed by atoms with van der Waals surface area (Å²) in [6, 6.07) is 8.26. The zero-order chi connectivity index (χ0) is 19.1. The Bertz CT molecular complexity index is 905. The van der Waals surface area contributed by atoms with E-state index in [1.165, 1.54) is 30.3 Å². The lowest BCUT2D eigenvalue weighted by molar-refractivity contribution is -0.117. The number of amides is 2. The van der Waals surface area contributed by atoms with Crippen LogP contribution in [-0.2, 0) is 4.79 Å². The molecule has 0 aromatic heterocycles. The first kappa shape index (κ1) is 18.8. The highest BCUT2D eigenvalue weighted by atomic mass is 35.5. The number of carbonyl (C=O) groups excluding carboxylic acids is 2. The van der Waals surface area contributed by atoms with Crippen LogP contribution >= 0.6 is 34.8 Å². The Morgan fingerprint density at radius 3 is 2.46 bits per heavy atom. The molecule has 2 amide bonds. The second-order valence-corrected chi connectivity index (χ2v) is 7.84. The standard InChI is InChI=1S/C17H13Cl3FN3O2/c18-12-3-2-9(23-16(26)11-7-17(11,19)20)6-10(12)15(25)24-14-4-1-8(22)5-13(14)21/h1-6,11H,7,22H2,(H,23,26)(H,24,25). The van der Waals surface area contributed by atoms with Crippen molar-refractivity contribution >= 4 is 63.7 Å². The summed E-state index contributed by atoms with van der Waals surface area (Å²) >= 11 is 17.8. The fourth-order valence-electron chi connectivity index (χ4n) is 2.33. The van der Waals surface area contributed by atoms with Gasteiger partial charge < -0.3 is 16.4 Å². The van der Waals surface area contributed by atoms with E-state index in [1.54, 1.807) is 0 Å². The molecule has 2 aromatic rings. The van der Waals surface area contributed by atoms with Gasteiger partial charge in [0.25, 0.3) is 5.91 Å². The molecule has 9 heteroatoms. The number of hydrogen-bond donors (Lipinski definition) is 3. The molecule has 5 nitrogen and oxygen atoms in total. The van der Waals surface area contributed by atoms with Gasteiger partial charge in [-0.3, -0.25) is 9.59 Å². The quantitative estimate of drug-likeness (QED) is 0.509. The van der Waals surface area contributed by atoms with Gasteiger partial charge in [0.15, 0.2) is 0 Å². The maximum atomic E-state index is 13.8. The third kappa shape index (κ3) is 4.03. The number of nitrogens with one attached hydrogen (secondary N) is 2. The Hall–Kier alpha value is -2.02. The van der Waals surface area contributed by atoms with Crippen LogP contribution in [0.3, 0.4) is 0 Å². The molecular formula is C17H13Cl3FN3O2. The highest BCUT2D eigenvalue weighted by molar-refractivity contribution is 6.52. The van der Waals surface area contributed by atoms with Gasteiger partial charge in [-0.2, -0.15) is 0 Å². The van der Waals surface area contributed by atoms with Crippen molar-refractivity contribution < 1.29 is 14.0 Å². The van der Waals surface area contributed by atoms with E-state index in [0.29, 0.717) is 12.1 Å². The number of hydrogen-bond acceptors (Lipinski definition) is 3. The lowest BCUT2D eigenvalue weighted by Gasteiger charge is -2.11. The van der Waals surface area contributed by atoms with E-state index in [1.807, 2.05) is 0 Å². The van der Waals surface area contributed by atoms with Crippen LogP contribution in [0.4, 0.5) is 21.5 Å². The number of benzene rings is 2. The molecule has 2 aromatic carbocycles. The largest absolute Gasteiger partial charge is 0.399 e. The van der Waals surface area contributed by atoms with Gasteiger partial charge in [-0.25, -0.2) is 4.39 Å². The van der Waals surface area contributed by atoms with Crippen molar-refractivity contribution in [1.82, 2.24) is 0 Å². The van der Waals surface area contributed by atoms with Gasteiger partial charge in [-0.05, 0) is 42.8 Å². The summed E-state index contributed by atoms with van der Waals surface area (Å²) in [5.74, 6) is -2.17. The molecular weight excluding hydrogens is 404 g/mol. The summed E-state index contributed by atoms with van der Waals surface area (Å²) < 4.78 is 12.8. The van der Waals surface area contributed by atoms with Crippen LogP contribution in [0.1, 0.15) is 16.8 Å². The maximum Gasteiger partial charge on any atom is 0.257 e. The summed E-state index contributed by atoms with van der Waals surface area (Å²) in [6.45, 7) is 0. The van der Waals surface area contributed by atoms with E-state index in [9.17, 15) is 14.0 Å². The SMILES string of the molecule is Nc1ccc(NC(=O)c2cc(NC(=O)C3CC3(Cl)Cl)ccc2Cl)c(F)c1. The van der Waals surface area contributed by atoms with Gasteiger partial charge in [0, 0.05) is 11.4 Å². The smallest absolute Gasteiger partial charge is 0.257 e. The molecule has 0 aliphatic heterocycles. The fourth-order valence-corrected chi connectivity index (χ4v) is 3.04. The van der Waals surface area contributed by atoms with Crippen molar-refractivity contribution in [3.05, 3.63) is 52.8 Å². The van der Waals surface area contributed by atoms with Crippen LogP contribution in [-0.4, -0.2) is 16.1 Å². The van der Waals surface area contributed by atoms with Crippen LogP contribution in [0.25, 0.3) is 0 Å². The number of alkyl halides is 2. The molecule has 3 rings (SSSR count). The Kier molecular flexibility index (Phi) is 5.01. The van der Waals surface area contributed by atoms with Gasteiger partial charge in [0.05, 0.1) is 22.2 Å². The number of halogens is 4. The first-order chi connectivity index (χ1) is 12.2. The Morgan fingerprint density at radius 1 is 1.15 bits per heavy atom. The number of nitrogens with two attached hydrogens (primary N) is 1. The fraction of sp³-hybridized carbons (Fsp3) is 0.176. The molecule has 1 fully saturated rings. The van der Waals surface area contributed by atoms with Crippen LogP contribution in [0.15, 0.2) is 36.4 Å². The molecule has 0 bridgehead atoms. The maximum absolute atomic E-state index is 13.8. The Morgan fingerprint density at radius 2 is 1.85 bits per heavy atom. The second kappa shape index (κ2) is 6.95. The summed E-state index contributed by atoms with van der Waals surface area (Å²) in [5, 5.41) is 5.19. The molecule has 136 valence electrons. The van der Waals surface area contributed by atoms with Crippen molar-refractivity contribution in [3.63, 3.8) is 0 Å². The van der Waals surface area contributed by atoms with Crippen LogP contribution in [0.2, 0.25) is 5.02 Å². The second-order valence-electron chi connectivity index (χ2n) is 5.90. The minimum Gasteiger partial charge on any atom is -0.399 e. The van der Waals surface area contributed by atoms with Crippen molar-refractivity contribution in [1.29, 1.82) is 0 Å². The van der Waals surface area contributed by atoms with E-state index in [-0.39, 0.29) is 27.9 Å². The third-order valence-electron chi connectivity index (χ3n) is 3.86. The topological polar surface area (TPSA) is 84.2 Å². The molecule has 1 saturated carbocycles. The first-order valence-corrected chi connectivity index (χ1v) is 8.65. The van der Waals surface area contributed by atoms with E-state index in [4.69, 9.17) is 40.5 Å². The Balaban J connectivity index is 1.76. The predicted molar refractivity (Wildman–Crippen MR) is 101 cm³/mol. The van der Waals surface area contributed by atoms with Gasteiger partial charge in [-0.15, -0.1) is 23.2 Å². The van der Waals surface area contributed by atoms with Crippen LogP contribution in [0.5, 0.6) is 0 Å². The molecule has 4 N–H and O–H groups in total. The number of carbonyl (C=O) groups is 2. The Labute approximate surface area is 163 Å². The molecule has 1 aliphatic carbocycles. The molecule has 26 heavy (non-hydrogen) atoms. The van der Waals surface area contributed by atoms with E-state index in [0.717, 1.165) is 6.07 Å². The molecule has 0 heterocycles. The van der Waals surface area contributed by atoms with Gasteiger partial charge >= 0.3 is 0 Å². The van der Waals surface area contributed by atoms with E-state index in [2.05, 4.69) is 10.6 Å². The van der Waals surface area contributed by atoms with E-state index < -0.39 is 22.0 Å². The molecule has 1 aliphatic rings. The zero-order valence-electron chi connectivity index (χ0n) is 13.2. The summed E-state index contributed by atoms with van der Waals surface area (Å²) in [5.41, 5.74) is 6.08. The minimum absolute atomic E-state index is 0.0400. The summed E-state index contributed by atoms with van der Waals surface area (Å²) in [4.78, 5) is 24.5. The number of nitrogen functional groups attached to an aromatic ring is 1. The lowest BCUT2D eigenvalue weighted by atomic mass is 10.1. The molecule has 0 saturated heterocycles. The van der Waals surface area contributed by atoms with Crippen molar-refractivity contribution in [2.45, 2.75) is 10.8 Å². The van der Waals surface area contributed by atoms with Crippen molar-refractivity contribution in [3.8, 4) is 0 Å². The monoisotopic (exact) mass is 415 g/mol. The molecule has 1 atom stereocenters. The zero-order valence-corrected chi connectivity index (χ0v) is 15.4. The van der Waals surface area contributed by atoms with Crippen LogP contribution < -0.4 is 16.4 Å². The molecule has 0 spiro atoms. The van der Waals surface area contributed by atoms with Gasteiger partial charge in [0.2, 0.25) is 5.91 Å².